The highest BCUT2D eigenvalue weighted by molar-refractivity contribution is 5.95. The number of amides is 1. The van der Waals surface area contributed by atoms with Crippen LogP contribution in [0.3, 0.4) is 0 Å². The molecular formula is C23H28N6O. The molecule has 0 saturated heterocycles. The third kappa shape index (κ3) is 4.11. The fourth-order valence-electron chi connectivity index (χ4n) is 3.93. The van der Waals surface area contributed by atoms with Gasteiger partial charge in [0.05, 0.1) is 19.3 Å². The first-order chi connectivity index (χ1) is 14.4. The number of carbonyl (C=O) groups excluding carboxylic acids is 1. The molecule has 1 aliphatic heterocycles. The van der Waals surface area contributed by atoms with Gasteiger partial charge in [-0.3, -0.25) is 19.3 Å². The number of nitrogens with zero attached hydrogens (tertiary/aromatic N) is 6. The fourth-order valence-corrected chi connectivity index (χ4v) is 3.93. The third-order valence-corrected chi connectivity index (χ3v) is 5.76. The van der Waals surface area contributed by atoms with Gasteiger partial charge in [0.15, 0.2) is 0 Å². The van der Waals surface area contributed by atoms with Gasteiger partial charge in [0.2, 0.25) is 5.91 Å². The van der Waals surface area contributed by atoms with Gasteiger partial charge in [-0.1, -0.05) is 30.3 Å². The molecule has 1 amide bonds. The van der Waals surface area contributed by atoms with Crippen molar-refractivity contribution in [1.82, 2.24) is 24.6 Å². The zero-order valence-electron chi connectivity index (χ0n) is 18.1. The molecule has 0 aliphatic carbocycles. The Kier molecular flexibility index (Phi) is 5.63. The Bertz CT molecular complexity index is 1060. The van der Waals surface area contributed by atoms with Crippen LogP contribution in [-0.2, 0) is 37.9 Å². The molecule has 0 N–H and O–H groups in total. The quantitative estimate of drug-likeness (QED) is 0.632. The summed E-state index contributed by atoms with van der Waals surface area (Å²) in [5.41, 5.74) is 5.49. The van der Waals surface area contributed by atoms with Crippen molar-refractivity contribution in [2.45, 2.75) is 46.3 Å². The number of benzene rings is 1. The van der Waals surface area contributed by atoms with E-state index in [2.05, 4.69) is 24.0 Å². The van der Waals surface area contributed by atoms with Gasteiger partial charge < -0.3 is 0 Å². The molecule has 7 heteroatoms. The summed E-state index contributed by atoms with van der Waals surface area (Å²) in [6, 6.07) is 10.1. The highest BCUT2D eigenvalue weighted by Gasteiger charge is 2.28. The van der Waals surface area contributed by atoms with E-state index in [0.717, 1.165) is 40.7 Å². The lowest BCUT2D eigenvalue weighted by Gasteiger charge is -2.30. The van der Waals surface area contributed by atoms with Crippen LogP contribution in [0.2, 0.25) is 0 Å². The van der Waals surface area contributed by atoms with Crippen molar-refractivity contribution < 1.29 is 4.79 Å². The van der Waals surface area contributed by atoms with Crippen LogP contribution in [0.25, 0.3) is 0 Å². The van der Waals surface area contributed by atoms with Crippen LogP contribution < -0.4 is 4.90 Å². The number of hydrogen-bond acceptors (Lipinski definition) is 5. The third-order valence-electron chi connectivity index (χ3n) is 5.76. The van der Waals surface area contributed by atoms with Crippen molar-refractivity contribution in [3.8, 4) is 0 Å². The van der Waals surface area contributed by atoms with E-state index in [9.17, 15) is 4.79 Å². The largest absolute Gasteiger partial charge is 0.295 e. The Morgan fingerprint density at radius 1 is 1.07 bits per heavy atom. The normalized spacial score (nSPS) is 13.8. The number of rotatable bonds is 6. The summed E-state index contributed by atoms with van der Waals surface area (Å²) in [5.74, 6) is 1.63. The molecule has 2 aromatic heterocycles. The van der Waals surface area contributed by atoms with E-state index in [1.54, 1.807) is 0 Å². The molecule has 0 atom stereocenters. The van der Waals surface area contributed by atoms with E-state index in [-0.39, 0.29) is 5.91 Å². The zero-order valence-corrected chi connectivity index (χ0v) is 18.1. The van der Waals surface area contributed by atoms with Crippen LogP contribution in [-0.4, -0.2) is 37.6 Å². The predicted molar refractivity (Wildman–Crippen MR) is 116 cm³/mol. The Morgan fingerprint density at radius 3 is 2.53 bits per heavy atom. The summed E-state index contributed by atoms with van der Waals surface area (Å²) < 4.78 is 1.88. The molecule has 7 nitrogen and oxygen atoms in total. The number of aryl methyl sites for hydroxylation is 2. The van der Waals surface area contributed by atoms with Crippen molar-refractivity contribution in [3.05, 3.63) is 70.4 Å². The van der Waals surface area contributed by atoms with E-state index >= 15 is 0 Å². The molecule has 3 heterocycles. The van der Waals surface area contributed by atoms with E-state index in [1.165, 1.54) is 5.56 Å². The summed E-state index contributed by atoms with van der Waals surface area (Å²) in [5, 5.41) is 4.32. The van der Waals surface area contributed by atoms with E-state index in [1.807, 2.05) is 60.1 Å². The number of carbonyl (C=O) groups is 1. The number of hydrogen-bond donors (Lipinski definition) is 0. The summed E-state index contributed by atoms with van der Waals surface area (Å²) in [4.78, 5) is 26.3. The lowest BCUT2D eigenvalue weighted by molar-refractivity contribution is -0.119. The molecule has 1 aromatic carbocycles. The second-order valence-corrected chi connectivity index (χ2v) is 8.04. The smallest absolute Gasteiger partial charge is 0.228 e. The summed E-state index contributed by atoms with van der Waals surface area (Å²) in [6.45, 7) is 6.00. The molecule has 0 fully saturated rings. The van der Waals surface area contributed by atoms with Crippen LogP contribution in [0, 0.1) is 13.8 Å². The molecule has 1 aliphatic rings. The molecule has 30 heavy (non-hydrogen) atoms. The maximum absolute atomic E-state index is 12.7. The van der Waals surface area contributed by atoms with Gasteiger partial charge in [0.1, 0.15) is 11.6 Å². The average molecular weight is 405 g/mol. The van der Waals surface area contributed by atoms with Gasteiger partial charge in [0.25, 0.3) is 0 Å². The van der Waals surface area contributed by atoms with Crippen LogP contribution >= 0.6 is 0 Å². The minimum absolute atomic E-state index is 0.120. The van der Waals surface area contributed by atoms with Crippen molar-refractivity contribution in [2.75, 3.05) is 11.9 Å². The van der Waals surface area contributed by atoms with Crippen molar-refractivity contribution in [1.29, 1.82) is 0 Å². The minimum Gasteiger partial charge on any atom is -0.295 e. The van der Waals surface area contributed by atoms with Crippen LogP contribution in [0.5, 0.6) is 0 Å². The molecule has 0 spiro atoms. The molecule has 4 rings (SSSR count). The fraction of sp³-hybridized carbons (Fsp3) is 0.391. The molecule has 0 radical (unpaired) electrons. The number of fused-ring (bicyclic) bond motifs is 1. The van der Waals surface area contributed by atoms with Crippen molar-refractivity contribution in [2.24, 2.45) is 7.05 Å². The van der Waals surface area contributed by atoms with E-state index in [4.69, 9.17) is 9.97 Å². The maximum Gasteiger partial charge on any atom is 0.228 e. The molecule has 0 bridgehead atoms. The first-order valence-electron chi connectivity index (χ1n) is 10.3. The van der Waals surface area contributed by atoms with Gasteiger partial charge in [-0.05, 0) is 32.9 Å². The second-order valence-electron chi connectivity index (χ2n) is 8.04. The topological polar surface area (TPSA) is 67.2 Å². The van der Waals surface area contributed by atoms with Gasteiger partial charge >= 0.3 is 0 Å². The number of anilines is 1. The standard InChI is InChI=1S/C23H28N6O/c1-16-20-10-11-22(30)29(13-18-8-6-5-7-9-18)23(20)26-21(25-16)15-27(3)14-19-12-24-28(4)17(19)2/h5-9,12H,10-11,13-15H2,1-4H3. The monoisotopic (exact) mass is 404 g/mol. The molecule has 3 aromatic rings. The van der Waals surface area contributed by atoms with Gasteiger partial charge in [-0.15, -0.1) is 0 Å². The second kappa shape index (κ2) is 8.36. The summed E-state index contributed by atoms with van der Waals surface area (Å²) in [7, 11) is 4.00. The zero-order chi connectivity index (χ0) is 21.3. The Labute approximate surface area is 177 Å². The van der Waals surface area contributed by atoms with Crippen molar-refractivity contribution in [3.63, 3.8) is 0 Å². The van der Waals surface area contributed by atoms with Crippen LogP contribution in [0.4, 0.5) is 5.82 Å². The van der Waals surface area contributed by atoms with Crippen molar-refractivity contribution >= 4 is 11.7 Å². The number of aromatic nitrogens is 4. The minimum atomic E-state index is 0.120. The maximum atomic E-state index is 12.7. The molecule has 0 unspecified atom stereocenters. The van der Waals surface area contributed by atoms with E-state index in [0.29, 0.717) is 25.9 Å². The summed E-state index contributed by atoms with van der Waals surface area (Å²) >= 11 is 0. The highest BCUT2D eigenvalue weighted by atomic mass is 16.2. The summed E-state index contributed by atoms with van der Waals surface area (Å²) in [6.07, 6.45) is 3.12. The lowest BCUT2D eigenvalue weighted by atomic mass is 10.0. The highest BCUT2D eigenvalue weighted by Crippen LogP contribution is 2.29. The van der Waals surface area contributed by atoms with Gasteiger partial charge in [-0.2, -0.15) is 5.10 Å². The Morgan fingerprint density at radius 2 is 1.83 bits per heavy atom. The molecule has 156 valence electrons. The Balaban J connectivity index is 1.58. The first-order valence-corrected chi connectivity index (χ1v) is 10.3. The predicted octanol–water partition coefficient (Wildman–Crippen LogP) is 2.94. The first kappa shape index (κ1) is 20.2. The lowest BCUT2D eigenvalue weighted by Crippen LogP contribution is -2.36. The molecule has 0 saturated carbocycles. The van der Waals surface area contributed by atoms with Gasteiger partial charge in [0, 0.05) is 42.5 Å². The van der Waals surface area contributed by atoms with E-state index < -0.39 is 0 Å². The van der Waals surface area contributed by atoms with Crippen LogP contribution in [0.15, 0.2) is 36.5 Å². The van der Waals surface area contributed by atoms with Gasteiger partial charge in [-0.25, -0.2) is 9.97 Å². The SMILES string of the molecule is Cc1nc(CN(C)Cc2cnn(C)c2C)nc2c1CCC(=O)N2Cc1ccccc1. The average Bonchev–Trinajstić information content (AvgIpc) is 3.03. The van der Waals surface area contributed by atoms with Crippen LogP contribution in [0.1, 0.15) is 40.3 Å². The Hall–Kier alpha value is -3.06. The molecular weight excluding hydrogens is 376 g/mol.